The van der Waals surface area contributed by atoms with E-state index in [1.165, 1.54) is 23.0 Å². The first-order valence-corrected chi connectivity index (χ1v) is 15.5. The number of halogens is 1. The molecule has 0 bridgehead atoms. The minimum Gasteiger partial charge on any atom is -0.383 e. The summed E-state index contributed by atoms with van der Waals surface area (Å²) in [6.07, 6.45) is 1.35. The number of nitrogens with zero attached hydrogens (tertiary/aromatic N) is 4. The molecule has 0 radical (unpaired) electrons. The number of aryl methyl sites for hydroxylation is 2. The molecule has 11 heteroatoms. The van der Waals surface area contributed by atoms with Crippen molar-refractivity contribution in [3.8, 4) is 16.8 Å². The lowest BCUT2D eigenvalue weighted by Crippen LogP contribution is -2.19. The van der Waals surface area contributed by atoms with Crippen molar-refractivity contribution in [3.63, 3.8) is 0 Å². The summed E-state index contributed by atoms with van der Waals surface area (Å²) in [6.45, 7) is 3.73. The van der Waals surface area contributed by atoms with E-state index in [4.69, 9.17) is 17.3 Å². The van der Waals surface area contributed by atoms with Crippen molar-refractivity contribution in [2.45, 2.75) is 18.7 Å². The molecule has 0 fully saturated rings. The van der Waals surface area contributed by atoms with Crippen LogP contribution >= 0.6 is 11.6 Å². The van der Waals surface area contributed by atoms with Gasteiger partial charge in [-0.1, -0.05) is 59.6 Å². The number of H-pyrrole nitrogens is 1. The third-order valence-electron chi connectivity index (χ3n) is 7.62. The van der Waals surface area contributed by atoms with Crippen LogP contribution in [0.4, 0.5) is 5.82 Å². The van der Waals surface area contributed by atoms with E-state index in [2.05, 4.69) is 15.1 Å². The highest BCUT2D eigenvalue weighted by atomic mass is 35.5. The zero-order chi connectivity index (χ0) is 30.7. The topological polar surface area (TPSA) is 129 Å². The number of ketones is 1. The molecule has 3 aromatic heterocycles. The van der Waals surface area contributed by atoms with Gasteiger partial charge in [0, 0.05) is 16.0 Å². The van der Waals surface area contributed by atoms with Gasteiger partial charge in [-0.3, -0.25) is 4.79 Å². The average molecular weight is 621 g/mol. The Morgan fingerprint density at radius 3 is 2.48 bits per heavy atom. The summed E-state index contributed by atoms with van der Waals surface area (Å²) < 4.78 is 31.0. The number of nitrogens with one attached hydrogen (secondary N) is 1. The lowest BCUT2D eigenvalue weighted by molar-refractivity contribution is 0.103. The molecule has 0 atom stereocenters. The molecule has 44 heavy (non-hydrogen) atoms. The smallest absolute Gasteiger partial charge is 0.268 e. The van der Waals surface area contributed by atoms with Crippen LogP contribution in [0.1, 0.15) is 27.4 Å². The fourth-order valence-corrected chi connectivity index (χ4v) is 7.15. The van der Waals surface area contributed by atoms with Crippen LogP contribution < -0.4 is 5.73 Å². The van der Waals surface area contributed by atoms with E-state index in [1.54, 1.807) is 36.4 Å². The largest absolute Gasteiger partial charge is 0.383 e. The summed E-state index contributed by atoms with van der Waals surface area (Å²) in [5.74, 6) is 0.251. The Labute approximate surface area is 257 Å². The second kappa shape index (κ2) is 10.2. The fraction of sp³-hybridized carbons (Fsp3) is 0.0606. The van der Waals surface area contributed by atoms with Crippen LogP contribution in [0.25, 0.3) is 38.8 Å². The number of carbonyl (C=O) groups excluding carboxylic acids is 1. The molecule has 0 aliphatic carbocycles. The Bertz CT molecular complexity index is 2370. The number of aromatic nitrogens is 5. The first kappa shape index (κ1) is 27.6. The lowest BCUT2D eigenvalue weighted by Gasteiger charge is -2.13. The van der Waals surface area contributed by atoms with Gasteiger partial charge in [0.05, 0.1) is 38.9 Å². The monoisotopic (exact) mass is 620 g/mol. The van der Waals surface area contributed by atoms with Gasteiger partial charge in [-0.05, 0) is 67.9 Å². The second-order valence-corrected chi connectivity index (χ2v) is 12.8. The number of hydrogen-bond donors (Lipinski definition) is 2. The Kier molecular flexibility index (Phi) is 6.42. The van der Waals surface area contributed by atoms with Crippen LogP contribution in [-0.4, -0.2) is 37.9 Å². The van der Waals surface area contributed by atoms with Crippen LogP contribution in [0.5, 0.6) is 0 Å². The number of fused-ring (bicyclic) bond motifs is 2. The summed E-state index contributed by atoms with van der Waals surface area (Å²) in [5, 5.41) is 5.46. The maximum atomic E-state index is 14.3. The van der Waals surface area contributed by atoms with Gasteiger partial charge >= 0.3 is 0 Å². The highest BCUT2D eigenvalue weighted by Gasteiger charge is 2.29. The summed E-state index contributed by atoms with van der Waals surface area (Å²) in [7, 11) is -4.23. The molecule has 4 aromatic carbocycles. The molecule has 3 heterocycles. The number of rotatable bonds is 6. The number of aromatic amines is 1. The maximum absolute atomic E-state index is 14.3. The van der Waals surface area contributed by atoms with Crippen molar-refractivity contribution < 1.29 is 13.2 Å². The van der Waals surface area contributed by atoms with Crippen LogP contribution in [0.3, 0.4) is 0 Å². The van der Waals surface area contributed by atoms with Crippen LogP contribution in [0.2, 0.25) is 5.02 Å². The number of hydrogen-bond acceptors (Lipinski definition) is 6. The number of nitrogen functional groups attached to an aromatic ring is 1. The zero-order valence-corrected chi connectivity index (χ0v) is 25.2. The zero-order valence-electron chi connectivity index (χ0n) is 23.6. The Morgan fingerprint density at radius 2 is 1.70 bits per heavy atom. The molecule has 0 saturated carbocycles. The predicted octanol–water partition coefficient (Wildman–Crippen LogP) is 6.69. The quantitative estimate of drug-likeness (QED) is 0.199. The summed E-state index contributed by atoms with van der Waals surface area (Å²) in [6, 6.07) is 26.2. The van der Waals surface area contributed by atoms with Crippen molar-refractivity contribution in [3.05, 3.63) is 125 Å². The molecule has 0 unspecified atom stereocenters. The van der Waals surface area contributed by atoms with Crippen LogP contribution in [0, 0.1) is 13.8 Å². The minimum atomic E-state index is -4.23. The van der Waals surface area contributed by atoms with Gasteiger partial charge in [0.15, 0.2) is 0 Å². The van der Waals surface area contributed by atoms with Crippen LogP contribution in [-0.2, 0) is 10.0 Å². The number of nitrogens with two attached hydrogens (primary N) is 1. The molecular formula is C33H25ClN6O3S. The van der Waals surface area contributed by atoms with E-state index < -0.39 is 15.8 Å². The number of imidazole rings is 1. The molecule has 7 aromatic rings. The average Bonchev–Trinajstić information content (AvgIpc) is 3.70. The molecule has 0 aliphatic heterocycles. The van der Waals surface area contributed by atoms with E-state index in [0.717, 1.165) is 32.0 Å². The molecule has 3 N–H and O–H groups in total. The van der Waals surface area contributed by atoms with Crippen molar-refractivity contribution in [1.29, 1.82) is 0 Å². The molecule has 0 aliphatic rings. The number of carbonyl (C=O) groups is 1. The van der Waals surface area contributed by atoms with E-state index in [0.29, 0.717) is 27.2 Å². The van der Waals surface area contributed by atoms with Crippen molar-refractivity contribution >= 4 is 55.2 Å². The van der Waals surface area contributed by atoms with Crippen molar-refractivity contribution in [2.75, 3.05) is 5.73 Å². The molecule has 0 spiro atoms. The summed E-state index contributed by atoms with van der Waals surface area (Å²) in [4.78, 5) is 21.9. The van der Waals surface area contributed by atoms with E-state index in [1.807, 2.05) is 56.3 Å². The second-order valence-electron chi connectivity index (χ2n) is 10.6. The first-order chi connectivity index (χ1) is 21.1. The van der Waals surface area contributed by atoms with Gasteiger partial charge in [0.2, 0.25) is 5.78 Å². The molecule has 7 rings (SSSR count). The Morgan fingerprint density at radius 1 is 0.932 bits per heavy atom. The van der Waals surface area contributed by atoms with Gasteiger partial charge < -0.3 is 10.7 Å². The highest BCUT2D eigenvalue weighted by molar-refractivity contribution is 7.90. The standard InChI is InChI=1S/C33H25ClN6O3S/c1-19-7-12-24(13-8-19)44(42,43)40-30-15-21(25-5-3-4-6-27(25)34)9-10-22(30)16-31(40)32(41)26-18-36-39(33(26)35)23-11-14-28-29(17-23)38-20(2)37-28/h3-18H,35H2,1-2H3,(H,37,38). The van der Waals surface area contributed by atoms with Crippen molar-refractivity contribution in [2.24, 2.45) is 0 Å². The SMILES string of the molecule is Cc1ccc(S(=O)(=O)n2c(C(=O)c3cnn(-c4ccc5[nH]c(C)nc5c4)c3N)cc3ccc(-c4ccccc4Cl)cc32)cc1. The third kappa shape index (κ3) is 4.47. The minimum absolute atomic E-state index is 0.0454. The van der Waals surface area contributed by atoms with Gasteiger partial charge in [-0.2, -0.15) is 5.10 Å². The van der Waals surface area contributed by atoms with Gasteiger partial charge in [0.25, 0.3) is 10.0 Å². The molecular weight excluding hydrogens is 596 g/mol. The predicted molar refractivity (Wildman–Crippen MR) is 172 cm³/mol. The van der Waals surface area contributed by atoms with Gasteiger partial charge in [-0.25, -0.2) is 22.1 Å². The Balaban J connectivity index is 1.41. The molecule has 218 valence electrons. The van der Waals surface area contributed by atoms with E-state index in [-0.39, 0.29) is 22.0 Å². The number of benzene rings is 4. The van der Waals surface area contributed by atoms with E-state index >= 15 is 0 Å². The molecule has 9 nitrogen and oxygen atoms in total. The Hall–Kier alpha value is -5.19. The fourth-order valence-electron chi connectivity index (χ4n) is 5.40. The van der Waals surface area contributed by atoms with Crippen LogP contribution in [0.15, 0.2) is 102 Å². The van der Waals surface area contributed by atoms with Gasteiger partial charge in [0.1, 0.15) is 17.3 Å². The molecule has 0 amide bonds. The normalized spacial score (nSPS) is 11.9. The molecule has 0 saturated heterocycles. The maximum Gasteiger partial charge on any atom is 0.268 e. The van der Waals surface area contributed by atoms with Crippen molar-refractivity contribution in [1.82, 2.24) is 23.7 Å². The summed E-state index contributed by atoms with van der Waals surface area (Å²) >= 11 is 6.48. The highest BCUT2D eigenvalue weighted by Crippen LogP contribution is 2.34. The van der Waals surface area contributed by atoms with E-state index in [9.17, 15) is 13.2 Å². The first-order valence-electron chi connectivity index (χ1n) is 13.7. The third-order valence-corrected chi connectivity index (χ3v) is 9.69. The summed E-state index contributed by atoms with van der Waals surface area (Å²) in [5.41, 5.74) is 11.4. The number of anilines is 1. The van der Waals surface area contributed by atoms with Gasteiger partial charge in [-0.15, -0.1) is 0 Å². The lowest BCUT2D eigenvalue weighted by atomic mass is 10.0.